The number of benzene rings is 2. The molecule has 1 amide bonds. The molecule has 2 heterocycles. The van der Waals surface area contributed by atoms with Crippen molar-refractivity contribution in [3.05, 3.63) is 76.5 Å². The van der Waals surface area contributed by atoms with Crippen molar-refractivity contribution in [2.24, 2.45) is 0 Å². The van der Waals surface area contributed by atoms with Crippen LogP contribution in [0.25, 0.3) is 11.3 Å². The molecule has 0 N–H and O–H groups in total. The summed E-state index contributed by atoms with van der Waals surface area (Å²) < 4.78 is 32.6. The minimum atomic E-state index is -3.57. The van der Waals surface area contributed by atoms with Crippen molar-refractivity contribution in [2.45, 2.75) is 4.90 Å². The van der Waals surface area contributed by atoms with Crippen molar-refractivity contribution in [1.29, 1.82) is 0 Å². The number of rotatable bonds is 4. The van der Waals surface area contributed by atoms with Crippen molar-refractivity contribution in [2.75, 3.05) is 26.2 Å². The Labute approximate surface area is 184 Å². The summed E-state index contributed by atoms with van der Waals surface area (Å²) in [5.41, 5.74) is 0.599. The van der Waals surface area contributed by atoms with Gasteiger partial charge in [0.25, 0.3) is 5.91 Å². The van der Waals surface area contributed by atoms with Crippen LogP contribution in [-0.2, 0) is 10.0 Å². The monoisotopic (exact) mass is 464 g/mol. The van der Waals surface area contributed by atoms with Gasteiger partial charge in [0, 0.05) is 36.8 Å². The first kappa shape index (κ1) is 20.9. The summed E-state index contributed by atoms with van der Waals surface area (Å²) in [6.45, 7) is 0.991. The van der Waals surface area contributed by atoms with Gasteiger partial charge in [0.15, 0.2) is 5.76 Å². The first-order valence-electron chi connectivity index (χ1n) is 9.26. The Bertz CT molecular complexity index is 1170. The molecule has 1 saturated heterocycles. The normalized spacial score (nSPS) is 15.3. The molecule has 3 aromatic rings. The fourth-order valence-corrected chi connectivity index (χ4v) is 5.14. The highest BCUT2D eigenvalue weighted by atomic mass is 35.5. The maximum absolute atomic E-state index is 12.8. The molecule has 0 atom stereocenters. The molecule has 0 aliphatic carbocycles. The zero-order valence-corrected chi connectivity index (χ0v) is 18.1. The van der Waals surface area contributed by atoms with Gasteiger partial charge in [0.05, 0.1) is 9.92 Å². The molecule has 0 saturated carbocycles. The smallest absolute Gasteiger partial charge is 0.289 e. The van der Waals surface area contributed by atoms with Crippen molar-refractivity contribution in [3.8, 4) is 11.3 Å². The van der Waals surface area contributed by atoms with Gasteiger partial charge in [-0.1, -0.05) is 41.4 Å². The Hall–Kier alpha value is -2.32. The van der Waals surface area contributed by atoms with E-state index < -0.39 is 10.0 Å². The van der Waals surface area contributed by atoms with Crippen molar-refractivity contribution in [1.82, 2.24) is 9.21 Å². The molecule has 0 bridgehead atoms. The molecule has 2 aromatic carbocycles. The van der Waals surface area contributed by atoms with Gasteiger partial charge in [-0.2, -0.15) is 4.31 Å². The molecule has 0 radical (unpaired) electrons. The van der Waals surface area contributed by atoms with E-state index in [1.807, 2.05) is 0 Å². The molecule has 1 aliphatic heterocycles. The lowest BCUT2D eigenvalue weighted by Crippen LogP contribution is -2.50. The third-order valence-corrected chi connectivity index (χ3v) is 7.40. The number of carbonyl (C=O) groups excluding carboxylic acids is 1. The molecule has 9 heteroatoms. The average molecular weight is 465 g/mol. The third-order valence-electron chi connectivity index (χ3n) is 4.92. The van der Waals surface area contributed by atoms with Crippen molar-refractivity contribution in [3.63, 3.8) is 0 Å². The summed E-state index contributed by atoms with van der Waals surface area (Å²) in [5.74, 6) is 0.313. The van der Waals surface area contributed by atoms with Gasteiger partial charge in [-0.05, 0) is 42.5 Å². The van der Waals surface area contributed by atoms with E-state index in [-0.39, 0.29) is 42.7 Å². The molecule has 1 aromatic heterocycles. The molecule has 1 fully saturated rings. The van der Waals surface area contributed by atoms with Gasteiger partial charge >= 0.3 is 0 Å². The highest BCUT2D eigenvalue weighted by molar-refractivity contribution is 7.89. The standard InChI is InChI=1S/C21H18Cl2N2O4S/c22-15-6-7-18(23)17(14-15)19-8-9-20(29-19)21(26)24-10-12-25(13-11-24)30(27,28)16-4-2-1-3-5-16/h1-9,14H,10-13H2. The van der Waals surface area contributed by atoms with E-state index in [2.05, 4.69) is 0 Å². The Kier molecular flexibility index (Phi) is 5.88. The van der Waals surface area contributed by atoms with Gasteiger partial charge in [-0.3, -0.25) is 4.79 Å². The molecular formula is C21H18Cl2N2O4S. The second kappa shape index (κ2) is 8.43. The number of sulfonamides is 1. The van der Waals surface area contributed by atoms with Crippen LogP contribution in [0.15, 0.2) is 70.0 Å². The zero-order valence-electron chi connectivity index (χ0n) is 15.8. The lowest BCUT2D eigenvalue weighted by molar-refractivity contribution is 0.0667. The number of piperazine rings is 1. The van der Waals surface area contributed by atoms with Crippen LogP contribution < -0.4 is 0 Å². The fourth-order valence-electron chi connectivity index (χ4n) is 3.31. The number of halogens is 2. The van der Waals surface area contributed by atoms with E-state index in [4.69, 9.17) is 27.6 Å². The number of nitrogens with zero attached hydrogens (tertiary/aromatic N) is 2. The SMILES string of the molecule is O=C(c1ccc(-c2cc(Cl)ccc2Cl)o1)N1CCN(S(=O)(=O)c2ccccc2)CC1. The maximum atomic E-state index is 12.8. The second-order valence-corrected chi connectivity index (χ2v) is 9.58. The topological polar surface area (TPSA) is 70.8 Å². The number of hydrogen-bond donors (Lipinski definition) is 0. The fraction of sp³-hybridized carbons (Fsp3) is 0.190. The minimum absolute atomic E-state index is 0.167. The van der Waals surface area contributed by atoms with Crippen LogP contribution in [0.2, 0.25) is 10.0 Å². The van der Waals surface area contributed by atoms with Crippen LogP contribution in [0, 0.1) is 0 Å². The number of hydrogen-bond acceptors (Lipinski definition) is 4. The first-order chi connectivity index (χ1) is 14.4. The van der Waals surface area contributed by atoms with Gasteiger partial charge in [-0.15, -0.1) is 0 Å². The molecule has 4 rings (SSSR count). The van der Waals surface area contributed by atoms with Crippen LogP contribution in [0.5, 0.6) is 0 Å². The van der Waals surface area contributed by atoms with E-state index in [9.17, 15) is 13.2 Å². The van der Waals surface area contributed by atoms with Crippen molar-refractivity contribution >= 4 is 39.1 Å². The van der Waals surface area contributed by atoms with Crippen LogP contribution in [-0.4, -0.2) is 49.7 Å². The number of furan rings is 1. The lowest BCUT2D eigenvalue weighted by atomic mass is 10.2. The van der Waals surface area contributed by atoms with E-state index in [1.54, 1.807) is 65.6 Å². The van der Waals surface area contributed by atoms with Crippen LogP contribution >= 0.6 is 23.2 Å². The van der Waals surface area contributed by atoms with E-state index >= 15 is 0 Å². The third kappa shape index (κ3) is 4.11. The van der Waals surface area contributed by atoms with E-state index in [0.29, 0.717) is 21.4 Å². The highest BCUT2D eigenvalue weighted by Gasteiger charge is 2.31. The zero-order chi connectivity index (χ0) is 21.3. The average Bonchev–Trinajstić information content (AvgIpc) is 3.25. The predicted molar refractivity (Wildman–Crippen MR) is 115 cm³/mol. The second-order valence-electron chi connectivity index (χ2n) is 6.80. The summed E-state index contributed by atoms with van der Waals surface area (Å²) in [5, 5.41) is 0.974. The largest absolute Gasteiger partial charge is 0.451 e. The molecule has 30 heavy (non-hydrogen) atoms. The first-order valence-corrected chi connectivity index (χ1v) is 11.5. The van der Waals surface area contributed by atoms with E-state index in [0.717, 1.165) is 0 Å². The molecular weight excluding hydrogens is 447 g/mol. The predicted octanol–water partition coefficient (Wildman–Crippen LogP) is 4.40. The summed E-state index contributed by atoms with van der Waals surface area (Å²) >= 11 is 12.2. The summed E-state index contributed by atoms with van der Waals surface area (Å²) in [6, 6.07) is 16.5. The van der Waals surface area contributed by atoms with Gasteiger partial charge in [-0.25, -0.2) is 8.42 Å². The summed E-state index contributed by atoms with van der Waals surface area (Å²) in [4.78, 5) is 14.7. The molecule has 0 unspecified atom stereocenters. The van der Waals surface area contributed by atoms with Crippen molar-refractivity contribution < 1.29 is 17.6 Å². The maximum Gasteiger partial charge on any atom is 0.289 e. The molecule has 6 nitrogen and oxygen atoms in total. The summed E-state index contributed by atoms with van der Waals surface area (Å²) in [7, 11) is -3.57. The summed E-state index contributed by atoms with van der Waals surface area (Å²) in [6.07, 6.45) is 0. The Morgan fingerprint density at radius 1 is 0.900 bits per heavy atom. The van der Waals surface area contributed by atoms with E-state index in [1.165, 1.54) is 4.31 Å². The van der Waals surface area contributed by atoms with Gasteiger partial charge < -0.3 is 9.32 Å². The lowest BCUT2D eigenvalue weighted by Gasteiger charge is -2.33. The van der Waals surface area contributed by atoms with Crippen LogP contribution in [0.3, 0.4) is 0 Å². The van der Waals surface area contributed by atoms with Gasteiger partial charge in [0.1, 0.15) is 5.76 Å². The van der Waals surface area contributed by atoms with Crippen LogP contribution in [0.1, 0.15) is 10.6 Å². The Morgan fingerprint density at radius 2 is 1.60 bits per heavy atom. The number of amides is 1. The molecule has 156 valence electrons. The van der Waals surface area contributed by atoms with Gasteiger partial charge in [0.2, 0.25) is 10.0 Å². The molecule has 1 aliphatic rings. The minimum Gasteiger partial charge on any atom is -0.451 e. The number of carbonyl (C=O) groups is 1. The quantitative estimate of drug-likeness (QED) is 0.573. The Balaban J connectivity index is 1.45. The Morgan fingerprint density at radius 3 is 2.30 bits per heavy atom. The van der Waals surface area contributed by atoms with Crippen LogP contribution in [0.4, 0.5) is 0 Å². The highest BCUT2D eigenvalue weighted by Crippen LogP contribution is 2.32. The molecule has 0 spiro atoms.